The zero-order valence-electron chi connectivity index (χ0n) is 33.2. The molecule has 3 amide bonds. The van der Waals surface area contributed by atoms with Gasteiger partial charge in [-0.3, -0.25) is 19.4 Å². The first-order valence-electron chi connectivity index (χ1n) is 18.5. The number of carbonyl (C=O) groups excluding carboxylic acids is 4. The third-order valence-electron chi connectivity index (χ3n) is 8.20. The van der Waals surface area contributed by atoms with Crippen molar-refractivity contribution in [2.45, 2.75) is 66.1 Å². The Balaban J connectivity index is 0.00000101. The summed E-state index contributed by atoms with van der Waals surface area (Å²) in [5.74, 6) is 0.00410. The maximum Gasteiger partial charge on any atom is 0.251 e. The topological polar surface area (TPSA) is 133 Å². The van der Waals surface area contributed by atoms with Crippen molar-refractivity contribution in [1.29, 1.82) is 0 Å². The first kappa shape index (κ1) is 47.9. The van der Waals surface area contributed by atoms with E-state index in [2.05, 4.69) is 74.4 Å². The number of nitrogens with zero attached hydrogens (tertiary/aromatic N) is 2. The normalized spacial score (nSPS) is 12.1. The van der Waals surface area contributed by atoms with Crippen molar-refractivity contribution in [2.24, 2.45) is 5.92 Å². The highest BCUT2D eigenvalue weighted by molar-refractivity contribution is 9.10. The molecule has 1 heterocycles. The largest absolute Gasteiger partial charge is 0.370 e. The molecule has 0 bridgehead atoms. The van der Waals surface area contributed by atoms with Gasteiger partial charge in [-0.1, -0.05) is 83.9 Å². The lowest BCUT2D eigenvalue weighted by Gasteiger charge is -2.22. The van der Waals surface area contributed by atoms with E-state index in [-0.39, 0.29) is 29.8 Å². The van der Waals surface area contributed by atoms with E-state index in [4.69, 9.17) is 4.79 Å². The Hall–Kier alpha value is -5.13. The summed E-state index contributed by atoms with van der Waals surface area (Å²) >= 11 is 3.47. The lowest BCUT2D eigenvalue weighted by atomic mass is 10.1. The van der Waals surface area contributed by atoms with Crippen LogP contribution in [0.25, 0.3) is 0 Å². The SMILES string of the molecule is C=C.C=O.CC.CC(NCCNC(=O)c1cc(C(=O)NC(C)c2cccnc2)cc(N(C)Cc2ccc(Br)cc2)c1)C(=O)NCC1CC1.Cc1ccccc1. The van der Waals surface area contributed by atoms with Crippen molar-refractivity contribution in [1.82, 2.24) is 26.3 Å². The molecule has 0 saturated heterocycles. The number of hydrogen-bond donors (Lipinski definition) is 4. The molecule has 3 aromatic carbocycles. The summed E-state index contributed by atoms with van der Waals surface area (Å²) in [4.78, 5) is 52.9. The molecule has 1 aromatic heterocycles. The van der Waals surface area contributed by atoms with Gasteiger partial charge in [0.05, 0.1) is 12.1 Å². The van der Waals surface area contributed by atoms with Crippen LogP contribution in [0, 0.1) is 12.8 Å². The second-order valence-corrected chi connectivity index (χ2v) is 13.4. The highest BCUT2D eigenvalue weighted by Crippen LogP contribution is 2.27. The summed E-state index contributed by atoms with van der Waals surface area (Å²) in [6.45, 7) is 19.9. The standard InChI is InChI=1S/C32H39BrN6O3.C7H8.C2H6.C2H4.CH2O/c1-21(25-5-4-12-34-19-25)38-32(42)27-15-26(16-29(17-27)39(3)20-24-8-10-28(33)11-9-24)31(41)36-14-13-35-22(2)30(40)37-18-23-6-7-23;1-7-5-3-2-4-6-7;3*1-2/h4-5,8-12,15-17,19,21-23,35H,6-7,13-14,18,20H2,1-3H3,(H,36,41)(H,37,40)(H,38,42);2-6H,1H3;1-2H3;1-2H2;1H2. The van der Waals surface area contributed by atoms with Crippen LogP contribution in [0.2, 0.25) is 0 Å². The molecule has 2 unspecified atom stereocenters. The van der Waals surface area contributed by atoms with Crippen molar-refractivity contribution < 1.29 is 19.2 Å². The molecule has 4 N–H and O–H groups in total. The van der Waals surface area contributed by atoms with Gasteiger partial charge in [0.15, 0.2) is 0 Å². The number of benzene rings is 3. The number of amides is 3. The van der Waals surface area contributed by atoms with Gasteiger partial charge >= 0.3 is 0 Å². The average molecular weight is 816 g/mol. The van der Waals surface area contributed by atoms with Gasteiger partial charge in [0, 0.05) is 66.9 Å². The second kappa shape index (κ2) is 27.5. The third-order valence-corrected chi connectivity index (χ3v) is 8.73. The Morgan fingerprint density at radius 2 is 1.47 bits per heavy atom. The Labute approximate surface area is 336 Å². The van der Waals surface area contributed by atoms with Crippen LogP contribution in [0.3, 0.4) is 0 Å². The Bertz CT molecular complexity index is 1690. The maximum atomic E-state index is 13.3. The van der Waals surface area contributed by atoms with Crippen molar-refractivity contribution in [3.05, 3.63) is 143 Å². The predicted molar refractivity (Wildman–Crippen MR) is 229 cm³/mol. The highest BCUT2D eigenvalue weighted by atomic mass is 79.9. The summed E-state index contributed by atoms with van der Waals surface area (Å²) in [6.07, 6.45) is 5.77. The first-order chi connectivity index (χ1) is 26.6. The molecule has 4 aromatic rings. The van der Waals surface area contributed by atoms with E-state index in [0.29, 0.717) is 36.7 Å². The molecule has 0 aliphatic heterocycles. The molecule has 2 atom stereocenters. The van der Waals surface area contributed by atoms with Crippen molar-refractivity contribution in [3.63, 3.8) is 0 Å². The van der Waals surface area contributed by atoms with E-state index >= 15 is 0 Å². The number of nitrogens with one attached hydrogen (secondary N) is 4. The van der Waals surface area contributed by atoms with E-state index in [1.807, 2.05) is 101 Å². The van der Waals surface area contributed by atoms with Crippen LogP contribution in [0.4, 0.5) is 5.69 Å². The van der Waals surface area contributed by atoms with Gasteiger partial charge in [-0.25, -0.2) is 0 Å². The van der Waals surface area contributed by atoms with Crippen LogP contribution in [-0.2, 0) is 16.1 Å². The van der Waals surface area contributed by atoms with Crippen LogP contribution < -0.4 is 26.2 Å². The lowest BCUT2D eigenvalue weighted by molar-refractivity contribution is -0.122. The minimum Gasteiger partial charge on any atom is -0.370 e. The molecular weight excluding hydrogens is 756 g/mol. The van der Waals surface area contributed by atoms with Gasteiger partial charge in [0.25, 0.3) is 11.8 Å². The monoisotopic (exact) mass is 814 g/mol. The molecular formula is C44H59BrN6O4. The molecule has 1 aliphatic carbocycles. The molecule has 1 fully saturated rings. The van der Waals surface area contributed by atoms with E-state index in [0.717, 1.165) is 27.8 Å². The van der Waals surface area contributed by atoms with Crippen molar-refractivity contribution in [3.8, 4) is 0 Å². The van der Waals surface area contributed by atoms with Gasteiger partial charge in [0.1, 0.15) is 6.79 Å². The Morgan fingerprint density at radius 3 is 2.02 bits per heavy atom. The minimum absolute atomic E-state index is 0.0362. The summed E-state index contributed by atoms with van der Waals surface area (Å²) in [5, 5.41) is 12.0. The van der Waals surface area contributed by atoms with Crippen LogP contribution in [-0.4, -0.2) is 62.2 Å². The molecule has 0 spiro atoms. The van der Waals surface area contributed by atoms with Crippen LogP contribution >= 0.6 is 15.9 Å². The second-order valence-electron chi connectivity index (χ2n) is 12.5. The van der Waals surface area contributed by atoms with Gasteiger partial charge in [-0.05, 0) is 87.1 Å². The number of carbonyl (C=O) groups is 4. The Morgan fingerprint density at radius 1 is 0.855 bits per heavy atom. The highest BCUT2D eigenvalue weighted by Gasteiger charge is 2.23. The third kappa shape index (κ3) is 18.7. The van der Waals surface area contributed by atoms with Gasteiger partial charge in [-0.2, -0.15) is 0 Å². The summed E-state index contributed by atoms with van der Waals surface area (Å²) < 4.78 is 0.997. The fourth-order valence-corrected chi connectivity index (χ4v) is 5.22. The number of anilines is 1. The van der Waals surface area contributed by atoms with E-state index in [1.54, 1.807) is 30.6 Å². The Kier molecular flexibility index (Phi) is 23.9. The fraction of sp³-hybridized carbons (Fsp3) is 0.341. The molecule has 296 valence electrons. The van der Waals surface area contributed by atoms with Gasteiger partial charge in [-0.15, -0.1) is 13.2 Å². The molecule has 10 nitrogen and oxygen atoms in total. The fourth-order valence-electron chi connectivity index (χ4n) is 4.96. The average Bonchev–Trinajstić information content (AvgIpc) is 4.07. The van der Waals surface area contributed by atoms with E-state index in [9.17, 15) is 14.4 Å². The molecule has 0 radical (unpaired) electrons. The predicted octanol–water partition coefficient (Wildman–Crippen LogP) is 7.84. The maximum absolute atomic E-state index is 13.3. The number of aromatic nitrogens is 1. The summed E-state index contributed by atoms with van der Waals surface area (Å²) in [5.41, 5.74) is 4.80. The van der Waals surface area contributed by atoms with Crippen molar-refractivity contribution in [2.75, 3.05) is 31.6 Å². The first-order valence-corrected chi connectivity index (χ1v) is 19.3. The van der Waals surface area contributed by atoms with Crippen LogP contribution in [0.15, 0.2) is 115 Å². The van der Waals surface area contributed by atoms with Gasteiger partial charge < -0.3 is 31.0 Å². The molecule has 1 saturated carbocycles. The number of aryl methyl sites for hydroxylation is 1. The quantitative estimate of drug-likeness (QED) is 0.0754. The van der Waals surface area contributed by atoms with Crippen LogP contribution in [0.1, 0.15) is 84.0 Å². The zero-order valence-corrected chi connectivity index (χ0v) is 34.8. The number of hydrogen-bond acceptors (Lipinski definition) is 7. The lowest BCUT2D eigenvalue weighted by Crippen LogP contribution is -2.45. The summed E-state index contributed by atoms with van der Waals surface area (Å²) in [6, 6.07) is 26.6. The molecule has 11 heteroatoms. The molecule has 55 heavy (non-hydrogen) atoms. The molecule has 5 rings (SSSR count). The number of pyridine rings is 1. The number of halogens is 1. The van der Waals surface area contributed by atoms with Crippen molar-refractivity contribution >= 4 is 46.1 Å². The smallest absolute Gasteiger partial charge is 0.251 e. The van der Waals surface area contributed by atoms with E-state index in [1.165, 1.54) is 18.4 Å². The van der Waals surface area contributed by atoms with E-state index < -0.39 is 0 Å². The summed E-state index contributed by atoms with van der Waals surface area (Å²) in [7, 11) is 1.93. The van der Waals surface area contributed by atoms with Gasteiger partial charge in [0.2, 0.25) is 5.91 Å². The van der Waals surface area contributed by atoms with Crippen LogP contribution in [0.5, 0.6) is 0 Å². The molecule has 1 aliphatic rings. The number of rotatable bonds is 14. The minimum atomic E-state index is -0.353. The zero-order chi connectivity index (χ0) is 41.2.